The highest BCUT2D eigenvalue weighted by Crippen LogP contribution is 2.34. The quantitative estimate of drug-likeness (QED) is 0.814. The number of hydrogen-bond donors (Lipinski definition) is 2. The zero-order valence-corrected chi connectivity index (χ0v) is 13.9. The van der Waals surface area contributed by atoms with Gasteiger partial charge in [-0.15, -0.1) is 11.8 Å². The van der Waals surface area contributed by atoms with Gasteiger partial charge in [0.15, 0.2) is 0 Å². The lowest BCUT2D eigenvalue weighted by Crippen LogP contribution is -2.56. The van der Waals surface area contributed by atoms with Gasteiger partial charge >= 0.3 is 5.97 Å². The third kappa shape index (κ3) is 3.46. The molecule has 1 saturated carbocycles. The molecule has 2 N–H and O–H groups in total. The van der Waals surface area contributed by atoms with E-state index in [0.29, 0.717) is 24.3 Å². The van der Waals surface area contributed by atoms with Crippen LogP contribution in [0.15, 0.2) is 29.2 Å². The Morgan fingerprint density at radius 1 is 1.32 bits per heavy atom. The molecule has 5 heteroatoms. The minimum absolute atomic E-state index is 0.290. The summed E-state index contributed by atoms with van der Waals surface area (Å²) in [7, 11) is 0. The maximum absolute atomic E-state index is 12.6. The summed E-state index contributed by atoms with van der Waals surface area (Å²) < 4.78 is 0. The molecular weight excluding hydrogens is 298 g/mol. The number of carbonyl (C=O) groups is 2. The zero-order valence-electron chi connectivity index (χ0n) is 13.1. The molecule has 0 bridgehead atoms. The largest absolute Gasteiger partial charge is 0.480 e. The second kappa shape index (κ2) is 7.18. The normalized spacial score (nSPS) is 24.7. The summed E-state index contributed by atoms with van der Waals surface area (Å²) in [6, 6.07) is 7.30. The van der Waals surface area contributed by atoms with Crippen LogP contribution in [0.4, 0.5) is 0 Å². The Kier molecular flexibility index (Phi) is 5.51. The van der Waals surface area contributed by atoms with Crippen molar-refractivity contribution in [3.8, 4) is 0 Å². The van der Waals surface area contributed by atoms with Crippen LogP contribution in [0.25, 0.3) is 0 Å². The maximum Gasteiger partial charge on any atom is 0.329 e. The van der Waals surface area contributed by atoms with Gasteiger partial charge in [-0.2, -0.15) is 0 Å². The SMILES string of the molecule is CCC1CCC(NC(=O)c2ccccc2SC)(C(=O)O)CC1. The van der Waals surface area contributed by atoms with Gasteiger partial charge in [-0.05, 0) is 50.0 Å². The topological polar surface area (TPSA) is 66.4 Å². The molecule has 0 spiro atoms. The van der Waals surface area contributed by atoms with Crippen molar-refractivity contribution in [2.75, 3.05) is 6.26 Å². The molecule has 0 heterocycles. The highest BCUT2D eigenvalue weighted by atomic mass is 32.2. The molecule has 1 fully saturated rings. The molecule has 0 aromatic heterocycles. The van der Waals surface area contributed by atoms with Crippen LogP contribution in [0, 0.1) is 5.92 Å². The highest BCUT2D eigenvalue weighted by Gasteiger charge is 2.43. The van der Waals surface area contributed by atoms with Gasteiger partial charge in [-0.25, -0.2) is 4.79 Å². The van der Waals surface area contributed by atoms with E-state index in [1.54, 1.807) is 12.1 Å². The summed E-state index contributed by atoms with van der Waals surface area (Å²) in [6.45, 7) is 2.13. The lowest BCUT2D eigenvalue weighted by atomic mass is 9.75. The minimum atomic E-state index is -1.12. The number of thioether (sulfide) groups is 1. The fourth-order valence-corrected chi connectivity index (χ4v) is 3.68. The number of benzene rings is 1. The van der Waals surface area contributed by atoms with Gasteiger partial charge in [0.2, 0.25) is 0 Å². The van der Waals surface area contributed by atoms with E-state index in [0.717, 1.165) is 24.2 Å². The van der Waals surface area contributed by atoms with Gasteiger partial charge in [0.05, 0.1) is 5.56 Å². The first kappa shape index (κ1) is 16.9. The number of aliphatic carboxylic acids is 1. The lowest BCUT2D eigenvalue weighted by molar-refractivity contribution is -0.146. The number of nitrogens with one attached hydrogen (secondary N) is 1. The second-order valence-electron chi connectivity index (χ2n) is 5.89. The third-order valence-corrected chi connectivity index (χ3v) is 5.45. The van der Waals surface area contributed by atoms with E-state index in [1.807, 2.05) is 18.4 Å². The summed E-state index contributed by atoms with van der Waals surface area (Å²) in [5.41, 5.74) is -0.567. The molecule has 22 heavy (non-hydrogen) atoms. The molecule has 4 nitrogen and oxygen atoms in total. The Labute approximate surface area is 135 Å². The molecule has 0 aliphatic heterocycles. The van der Waals surface area contributed by atoms with E-state index < -0.39 is 11.5 Å². The molecule has 1 aromatic rings. The van der Waals surface area contributed by atoms with Crippen LogP contribution < -0.4 is 5.32 Å². The Balaban J connectivity index is 2.18. The van der Waals surface area contributed by atoms with E-state index in [9.17, 15) is 14.7 Å². The summed E-state index contributed by atoms with van der Waals surface area (Å²) in [6.07, 6.45) is 5.70. The molecule has 2 rings (SSSR count). The molecule has 0 unspecified atom stereocenters. The monoisotopic (exact) mass is 321 g/mol. The first-order chi connectivity index (χ1) is 10.5. The summed E-state index contributed by atoms with van der Waals surface area (Å²) >= 11 is 1.49. The van der Waals surface area contributed by atoms with Crippen LogP contribution in [-0.4, -0.2) is 28.8 Å². The highest BCUT2D eigenvalue weighted by molar-refractivity contribution is 7.98. The van der Waals surface area contributed by atoms with Crippen molar-refractivity contribution < 1.29 is 14.7 Å². The van der Waals surface area contributed by atoms with Crippen molar-refractivity contribution in [2.24, 2.45) is 5.92 Å². The lowest BCUT2D eigenvalue weighted by Gasteiger charge is -2.37. The van der Waals surface area contributed by atoms with Crippen molar-refractivity contribution in [1.82, 2.24) is 5.32 Å². The second-order valence-corrected chi connectivity index (χ2v) is 6.74. The number of carboxylic acid groups (broad SMARTS) is 1. The van der Waals surface area contributed by atoms with Crippen molar-refractivity contribution in [2.45, 2.75) is 49.5 Å². The fourth-order valence-electron chi connectivity index (χ4n) is 3.09. The Bertz CT molecular complexity index is 551. The van der Waals surface area contributed by atoms with Gasteiger partial charge in [0.25, 0.3) is 5.91 Å². The van der Waals surface area contributed by atoms with Crippen LogP contribution in [0.3, 0.4) is 0 Å². The predicted octanol–water partition coefficient (Wildman–Crippen LogP) is 3.56. The van der Waals surface area contributed by atoms with Crippen LogP contribution >= 0.6 is 11.8 Å². The number of amides is 1. The molecule has 0 saturated heterocycles. The van der Waals surface area contributed by atoms with E-state index >= 15 is 0 Å². The first-order valence-corrected chi connectivity index (χ1v) is 8.94. The number of hydrogen-bond acceptors (Lipinski definition) is 3. The van der Waals surface area contributed by atoms with E-state index in [1.165, 1.54) is 11.8 Å². The van der Waals surface area contributed by atoms with Gasteiger partial charge in [0, 0.05) is 4.90 Å². The van der Waals surface area contributed by atoms with Crippen molar-refractivity contribution in [3.63, 3.8) is 0 Å². The molecule has 1 aromatic carbocycles. The van der Waals surface area contributed by atoms with Gasteiger partial charge in [-0.3, -0.25) is 4.79 Å². The minimum Gasteiger partial charge on any atom is -0.480 e. The van der Waals surface area contributed by atoms with Gasteiger partial charge < -0.3 is 10.4 Å². The van der Waals surface area contributed by atoms with Gasteiger partial charge in [0.1, 0.15) is 5.54 Å². The molecule has 120 valence electrons. The standard InChI is InChI=1S/C17H23NO3S/c1-3-12-8-10-17(11-9-12,16(20)21)18-15(19)13-6-4-5-7-14(13)22-2/h4-7,12H,3,8-11H2,1-2H3,(H,18,19)(H,20,21). The molecule has 0 radical (unpaired) electrons. The molecule has 1 amide bonds. The van der Waals surface area contributed by atoms with E-state index in [4.69, 9.17) is 0 Å². The first-order valence-electron chi connectivity index (χ1n) is 7.71. The Morgan fingerprint density at radius 3 is 2.50 bits per heavy atom. The average molecular weight is 321 g/mol. The number of carbonyl (C=O) groups excluding carboxylic acids is 1. The summed E-state index contributed by atoms with van der Waals surface area (Å²) in [4.78, 5) is 25.2. The van der Waals surface area contributed by atoms with Crippen LogP contribution in [0.5, 0.6) is 0 Å². The molecule has 1 aliphatic rings. The van der Waals surface area contributed by atoms with Crippen molar-refractivity contribution in [1.29, 1.82) is 0 Å². The number of rotatable bonds is 5. The van der Waals surface area contributed by atoms with Crippen LogP contribution in [0.1, 0.15) is 49.4 Å². The fraction of sp³-hybridized carbons (Fsp3) is 0.529. The van der Waals surface area contributed by atoms with Crippen LogP contribution in [0.2, 0.25) is 0 Å². The third-order valence-electron chi connectivity index (χ3n) is 4.65. The Morgan fingerprint density at radius 2 is 1.95 bits per heavy atom. The number of carboxylic acids is 1. The van der Waals surface area contributed by atoms with Crippen molar-refractivity contribution >= 4 is 23.6 Å². The summed E-state index contributed by atoms with van der Waals surface area (Å²) in [5, 5.41) is 12.5. The van der Waals surface area contributed by atoms with Gasteiger partial charge in [-0.1, -0.05) is 25.5 Å². The van der Waals surface area contributed by atoms with E-state index in [-0.39, 0.29) is 5.91 Å². The zero-order chi connectivity index (χ0) is 16.2. The average Bonchev–Trinajstić information content (AvgIpc) is 2.55. The smallest absolute Gasteiger partial charge is 0.329 e. The molecular formula is C17H23NO3S. The van der Waals surface area contributed by atoms with E-state index in [2.05, 4.69) is 12.2 Å². The van der Waals surface area contributed by atoms with Crippen LogP contribution in [-0.2, 0) is 4.79 Å². The summed E-state index contributed by atoms with van der Waals surface area (Å²) in [5.74, 6) is -0.637. The van der Waals surface area contributed by atoms with Crippen molar-refractivity contribution in [3.05, 3.63) is 29.8 Å². The molecule has 0 atom stereocenters. The maximum atomic E-state index is 12.6. The molecule has 1 aliphatic carbocycles. The predicted molar refractivity (Wildman–Crippen MR) is 88.3 cm³/mol. The Hall–Kier alpha value is -1.49.